The van der Waals surface area contributed by atoms with Crippen LogP contribution in [0.5, 0.6) is 0 Å². The van der Waals surface area contributed by atoms with Crippen molar-refractivity contribution in [2.45, 2.75) is 46.2 Å². The van der Waals surface area contributed by atoms with E-state index in [0.717, 1.165) is 28.8 Å². The molecular weight excluding hydrogens is 689 g/mol. The third-order valence-electron chi connectivity index (χ3n) is 7.81. The zero-order valence-corrected chi connectivity index (χ0v) is 29.5. The predicted molar refractivity (Wildman–Crippen MR) is 192 cm³/mol. The SMILES string of the molecule is Cc1cc(C(F)(F)F)ccc1-c1ccc(NC(=O)C(Cc2ccc(C(=O)NCCS(=O)(=O)O)cc2)c2ccc(C=CC(C)(C)C)cc2)cc1Cl. The molecule has 4 rings (SSSR count). The second-order valence-electron chi connectivity index (χ2n) is 13.1. The highest BCUT2D eigenvalue weighted by molar-refractivity contribution is 7.85. The minimum absolute atomic E-state index is 0.0112. The average Bonchev–Trinajstić information content (AvgIpc) is 3.02. The Labute approximate surface area is 295 Å². The summed E-state index contributed by atoms with van der Waals surface area (Å²) in [5, 5.41) is 5.62. The van der Waals surface area contributed by atoms with Gasteiger partial charge in [-0.25, -0.2) is 0 Å². The van der Waals surface area contributed by atoms with Gasteiger partial charge in [0, 0.05) is 23.4 Å². The third kappa shape index (κ3) is 11.0. The van der Waals surface area contributed by atoms with Gasteiger partial charge in [0.15, 0.2) is 0 Å². The minimum atomic E-state index is -4.47. The van der Waals surface area contributed by atoms with Crippen molar-refractivity contribution in [3.05, 3.63) is 129 Å². The van der Waals surface area contributed by atoms with Crippen LogP contribution in [0.2, 0.25) is 5.02 Å². The number of carbonyl (C=O) groups is 2. The number of nitrogens with one attached hydrogen (secondary N) is 2. The first-order chi connectivity index (χ1) is 23.3. The lowest BCUT2D eigenvalue weighted by molar-refractivity contribution is -0.137. The van der Waals surface area contributed by atoms with Gasteiger partial charge in [0.05, 0.1) is 22.3 Å². The number of hydrogen-bond donors (Lipinski definition) is 3. The van der Waals surface area contributed by atoms with E-state index in [2.05, 4.69) is 37.5 Å². The van der Waals surface area contributed by atoms with E-state index in [0.29, 0.717) is 22.4 Å². The number of aryl methyl sites for hydroxylation is 1. The quantitative estimate of drug-likeness (QED) is 0.134. The summed E-state index contributed by atoms with van der Waals surface area (Å²) in [5.41, 5.74) is 3.84. The summed E-state index contributed by atoms with van der Waals surface area (Å²) in [7, 11) is -4.22. The molecule has 0 bridgehead atoms. The van der Waals surface area contributed by atoms with E-state index >= 15 is 0 Å². The van der Waals surface area contributed by atoms with Crippen molar-refractivity contribution in [2.75, 3.05) is 17.6 Å². The number of anilines is 1. The molecule has 0 aromatic heterocycles. The maximum Gasteiger partial charge on any atom is 0.416 e. The highest BCUT2D eigenvalue weighted by atomic mass is 35.5. The fourth-order valence-corrected chi connectivity index (χ4v) is 5.80. The van der Waals surface area contributed by atoms with Gasteiger partial charge in [-0.1, -0.05) is 93.1 Å². The van der Waals surface area contributed by atoms with Crippen molar-refractivity contribution in [2.24, 2.45) is 5.41 Å². The fraction of sp³-hybridized carbons (Fsp3) is 0.263. The van der Waals surface area contributed by atoms with Gasteiger partial charge in [-0.05, 0) is 83.0 Å². The molecule has 0 spiro atoms. The van der Waals surface area contributed by atoms with Crippen LogP contribution in [0.3, 0.4) is 0 Å². The lowest BCUT2D eigenvalue weighted by atomic mass is 9.89. The lowest BCUT2D eigenvalue weighted by Crippen LogP contribution is -2.28. The molecule has 0 aliphatic heterocycles. The molecule has 0 aliphatic rings. The first-order valence-corrected chi connectivity index (χ1v) is 17.7. The monoisotopic (exact) mass is 726 g/mol. The number of rotatable bonds is 11. The van der Waals surface area contributed by atoms with Crippen LogP contribution in [0.4, 0.5) is 18.9 Å². The van der Waals surface area contributed by atoms with E-state index in [1.54, 1.807) is 49.4 Å². The molecule has 2 amide bonds. The smallest absolute Gasteiger partial charge is 0.351 e. The van der Waals surface area contributed by atoms with Crippen molar-refractivity contribution in [3.8, 4) is 11.1 Å². The van der Waals surface area contributed by atoms with Crippen molar-refractivity contribution >= 4 is 45.3 Å². The van der Waals surface area contributed by atoms with Crippen molar-refractivity contribution < 1.29 is 35.7 Å². The van der Waals surface area contributed by atoms with Crippen LogP contribution in [0.15, 0.2) is 91.0 Å². The molecular formula is C38H38ClF3N2O5S. The first kappa shape index (κ1) is 38.4. The summed E-state index contributed by atoms with van der Waals surface area (Å²) in [6, 6.07) is 22.5. The molecule has 12 heteroatoms. The van der Waals surface area contributed by atoms with E-state index in [1.807, 2.05) is 30.3 Å². The van der Waals surface area contributed by atoms with E-state index in [9.17, 15) is 31.2 Å². The molecule has 1 unspecified atom stereocenters. The molecule has 7 nitrogen and oxygen atoms in total. The molecule has 0 radical (unpaired) electrons. The summed E-state index contributed by atoms with van der Waals surface area (Å²) in [6.07, 6.45) is -0.0945. The summed E-state index contributed by atoms with van der Waals surface area (Å²) < 4.78 is 70.4. The van der Waals surface area contributed by atoms with Gasteiger partial charge in [0.25, 0.3) is 16.0 Å². The Morgan fingerprint density at radius 3 is 2.10 bits per heavy atom. The Morgan fingerprint density at radius 1 is 0.900 bits per heavy atom. The maximum absolute atomic E-state index is 13.9. The normalized spacial score (nSPS) is 12.9. The second kappa shape index (κ2) is 15.6. The minimum Gasteiger partial charge on any atom is -0.351 e. The molecule has 0 heterocycles. The van der Waals surface area contributed by atoms with E-state index in [4.69, 9.17) is 16.2 Å². The average molecular weight is 727 g/mol. The van der Waals surface area contributed by atoms with Crippen LogP contribution < -0.4 is 10.6 Å². The zero-order valence-electron chi connectivity index (χ0n) is 27.9. The van der Waals surface area contributed by atoms with E-state index in [-0.39, 0.29) is 34.9 Å². The highest BCUT2D eigenvalue weighted by Gasteiger charge is 2.31. The molecule has 264 valence electrons. The molecule has 0 aliphatic carbocycles. The van der Waals surface area contributed by atoms with Gasteiger partial charge < -0.3 is 10.6 Å². The number of halogens is 4. The first-order valence-electron chi connectivity index (χ1n) is 15.7. The Kier molecular flexibility index (Phi) is 12.0. The van der Waals surface area contributed by atoms with Crippen molar-refractivity contribution in [1.29, 1.82) is 0 Å². The van der Waals surface area contributed by atoms with Gasteiger partial charge in [-0.2, -0.15) is 21.6 Å². The second-order valence-corrected chi connectivity index (χ2v) is 15.1. The van der Waals surface area contributed by atoms with Crippen LogP contribution in [-0.2, 0) is 27.5 Å². The molecule has 1 atom stereocenters. The molecule has 50 heavy (non-hydrogen) atoms. The van der Waals surface area contributed by atoms with Gasteiger partial charge in [0.1, 0.15) is 0 Å². The van der Waals surface area contributed by atoms with Crippen LogP contribution >= 0.6 is 11.6 Å². The Balaban J connectivity index is 1.57. The number of carbonyl (C=O) groups excluding carboxylic acids is 2. The number of benzene rings is 4. The molecule has 0 saturated heterocycles. The molecule has 0 saturated carbocycles. The third-order valence-corrected chi connectivity index (χ3v) is 8.85. The van der Waals surface area contributed by atoms with E-state index < -0.39 is 39.4 Å². The highest BCUT2D eigenvalue weighted by Crippen LogP contribution is 2.37. The van der Waals surface area contributed by atoms with E-state index in [1.165, 1.54) is 6.07 Å². The van der Waals surface area contributed by atoms with Gasteiger partial charge >= 0.3 is 6.18 Å². The summed E-state index contributed by atoms with van der Waals surface area (Å²) in [6.45, 7) is 7.61. The maximum atomic E-state index is 13.9. The zero-order chi connectivity index (χ0) is 36.9. The number of hydrogen-bond acceptors (Lipinski definition) is 4. The standard InChI is InChI=1S/C38H38ClF3N2O5S/c1-24-21-29(38(40,41)42)13-15-31(24)32-16-14-30(23-34(32)39)44-36(46)33(27-9-5-25(6-10-27)17-18-37(2,3)4)22-26-7-11-28(12-8-26)35(45)43-19-20-50(47,48)49/h5-18,21,23,33H,19-20,22H2,1-4H3,(H,43,45)(H,44,46)(H,47,48,49). The summed E-state index contributed by atoms with van der Waals surface area (Å²) in [5.74, 6) is -2.12. The number of amides is 2. The predicted octanol–water partition coefficient (Wildman–Crippen LogP) is 8.98. The number of alkyl halides is 3. The molecule has 0 fully saturated rings. The van der Waals surface area contributed by atoms with Gasteiger partial charge in [0.2, 0.25) is 5.91 Å². The Morgan fingerprint density at radius 2 is 1.54 bits per heavy atom. The van der Waals surface area contributed by atoms with Crippen LogP contribution in [0.25, 0.3) is 17.2 Å². The van der Waals surface area contributed by atoms with Gasteiger partial charge in [-0.3, -0.25) is 14.1 Å². The van der Waals surface area contributed by atoms with Crippen LogP contribution in [0.1, 0.15) is 64.9 Å². The topological polar surface area (TPSA) is 113 Å². The molecule has 3 N–H and O–H groups in total. The largest absolute Gasteiger partial charge is 0.416 e. The fourth-order valence-electron chi connectivity index (χ4n) is 5.15. The summed E-state index contributed by atoms with van der Waals surface area (Å²) >= 11 is 6.59. The van der Waals surface area contributed by atoms with Crippen molar-refractivity contribution in [3.63, 3.8) is 0 Å². The molecule has 4 aromatic rings. The summed E-state index contributed by atoms with van der Waals surface area (Å²) in [4.78, 5) is 26.3. The lowest BCUT2D eigenvalue weighted by Gasteiger charge is -2.19. The Hall–Kier alpha value is -4.45. The van der Waals surface area contributed by atoms with Crippen LogP contribution in [0, 0.1) is 12.3 Å². The van der Waals surface area contributed by atoms with Crippen molar-refractivity contribution in [1.82, 2.24) is 5.32 Å². The molecule has 4 aromatic carbocycles. The van der Waals surface area contributed by atoms with Crippen LogP contribution in [-0.4, -0.2) is 37.1 Å². The number of allylic oxidation sites excluding steroid dienone is 1. The van der Waals surface area contributed by atoms with Gasteiger partial charge in [-0.15, -0.1) is 0 Å². The Bertz CT molecular complexity index is 1990.